The second-order valence-electron chi connectivity index (χ2n) is 7.44. The topological polar surface area (TPSA) is 30.7 Å². The molecule has 0 bridgehead atoms. The van der Waals surface area contributed by atoms with E-state index in [2.05, 4.69) is 45.0 Å². The fourth-order valence-electron chi connectivity index (χ4n) is 3.28. The Kier molecular flexibility index (Phi) is 4.90. The van der Waals surface area contributed by atoms with Crippen molar-refractivity contribution in [3.8, 4) is 16.9 Å². The number of aldehydes is 1. The van der Waals surface area contributed by atoms with Gasteiger partial charge in [-0.15, -0.1) is 0 Å². The molecule has 3 heteroatoms. The van der Waals surface area contributed by atoms with Gasteiger partial charge in [0.15, 0.2) is 6.29 Å². The summed E-state index contributed by atoms with van der Waals surface area (Å²) in [5, 5.41) is 0. The zero-order valence-electron chi connectivity index (χ0n) is 16.3. The Morgan fingerprint density at radius 3 is 2.50 bits per heavy atom. The van der Waals surface area contributed by atoms with Gasteiger partial charge in [-0.3, -0.25) is 4.79 Å². The van der Waals surface area contributed by atoms with Crippen LogP contribution < -0.4 is 4.74 Å². The van der Waals surface area contributed by atoms with Crippen molar-refractivity contribution in [1.29, 1.82) is 0 Å². The number of carbonyl (C=O) groups is 1. The summed E-state index contributed by atoms with van der Waals surface area (Å²) in [4.78, 5) is 11.9. The van der Waals surface area contributed by atoms with Crippen molar-refractivity contribution in [2.75, 3.05) is 6.61 Å². The Labute approximate surface area is 155 Å². The molecule has 0 N–H and O–H groups in total. The molecule has 26 heavy (non-hydrogen) atoms. The minimum Gasteiger partial charge on any atom is -0.493 e. The van der Waals surface area contributed by atoms with Gasteiger partial charge >= 0.3 is 0 Å². The zero-order valence-corrected chi connectivity index (χ0v) is 16.3. The van der Waals surface area contributed by atoms with Crippen LogP contribution in [0.15, 0.2) is 42.6 Å². The Hall–Kier alpha value is -2.55. The molecule has 0 saturated carbocycles. The third-order valence-electron chi connectivity index (χ3n) is 5.30. The Morgan fingerprint density at radius 2 is 1.85 bits per heavy atom. The first-order valence-electron chi connectivity index (χ1n) is 9.26. The third-order valence-corrected chi connectivity index (χ3v) is 5.30. The summed E-state index contributed by atoms with van der Waals surface area (Å²) in [7, 11) is 0. The van der Waals surface area contributed by atoms with Gasteiger partial charge in [-0.25, -0.2) is 0 Å². The molecule has 0 amide bonds. The quantitative estimate of drug-likeness (QED) is 0.525. The fraction of sp³-hybridized carbons (Fsp3) is 0.348. The lowest BCUT2D eigenvalue weighted by Crippen LogP contribution is -2.15. The Balaban J connectivity index is 2.29. The molecule has 0 spiro atoms. The maximum atomic E-state index is 11.9. The van der Waals surface area contributed by atoms with Gasteiger partial charge in [0.1, 0.15) is 5.75 Å². The highest BCUT2D eigenvalue weighted by Gasteiger charge is 2.22. The van der Waals surface area contributed by atoms with E-state index < -0.39 is 0 Å². The number of fused-ring (bicyclic) bond motifs is 1. The summed E-state index contributed by atoms with van der Waals surface area (Å²) in [5.74, 6) is 0.818. The summed E-state index contributed by atoms with van der Waals surface area (Å²) >= 11 is 0. The lowest BCUT2D eigenvalue weighted by molar-refractivity contribution is 0.111. The molecular weight excluding hydrogens is 322 g/mol. The van der Waals surface area contributed by atoms with E-state index in [0.29, 0.717) is 12.3 Å². The Morgan fingerprint density at radius 1 is 1.08 bits per heavy atom. The highest BCUT2D eigenvalue weighted by Crippen LogP contribution is 2.38. The normalized spacial score (nSPS) is 11.7. The van der Waals surface area contributed by atoms with E-state index in [1.54, 1.807) is 0 Å². The summed E-state index contributed by atoms with van der Waals surface area (Å²) in [6, 6.07) is 12.5. The van der Waals surface area contributed by atoms with Gasteiger partial charge in [0, 0.05) is 22.8 Å². The van der Waals surface area contributed by atoms with Gasteiger partial charge in [0.05, 0.1) is 12.3 Å². The van der Waals surface area contributed by atoms with Gasteiger partial charge in [0.2, 0.25) is 0 Å². The van der Waals surface area contributed by atoms with Crippen LogP contribution in [0.2, 0.25) is 0 Å². The van der Waals surface area contributed by atoms with E-state index in [4.69, 9.17) is 4.74 Å². The molecule has 0 unspecified atom stereocenters. The molecule has 3 rings (SSSR count). The summed E-state index contributed by atoms with van der Waals surface area (Å²) in [6.07, 6.45) is 3.98. The smallest absolute Gasteiger partial charge is 0.167 e. The van der Waals surface area contributed by atoms with Gasteiger partial charge in [0.25, 0.3) is 0 Å². The molecule has 0 atom stereocenters. The van der Waals surface area contributed by atoms with Crippen molar-refractivity contribution in [2.45, 2.75) is 46.5 Å². The van der Waals surface area contributed by atoms with Crippen LogP contribution in [0.25, 0.3) is 16.6 Å². The molecule has 0 radical (unpaired) electrons. The molecule has 0 aliphatic rings. The maximum Gasteiger partial charge on any atom is 0.167 e. The highest BCUT2D eigenvalue weighted by molar-refractivity contribution is 5.91. The van der Waals surface area contributed by atoms with Crippen LogP contribution in [0.5, 0.6) is 5.75 Å². The highest BCUT2D eigenvalue weighted by atomic mass is 16.5. The van der Waals surface area contributed by atoms with E-state index in [0.717, 1.165) is 40.7 Å². The molecule has 3 aromatic rings. The molecule has 136 valence electrons. The number of ether oxygens (including phenoxy) is 1. The first-order chi connectivity index (χ1) is 12.4. The predicted octanol–water partition coefficient (Wildman–Crippen LogP) is 5.81. The van der Waals surface area contributed by atoms with Crippen LogP contribution >= 0.6 is 0 Å². The second kappa shape index (κ2) is 6.99. The SMILES string of the molecule is CCOc1ccc(C(C)(C)CC)cc1-c1cc2ccc(C)cn2c1C=O. The third kappa shape index (κ3) is 3.14. The molecular formula is C23H27NO2. The maximum absolute atomic E-state index is 11.9. The summed E-state index contributed by atoms with van der Waals surface area (Å²) in [6.45, 7) is 11.3. The molecule has 0 aliphatic carbocycles. The number of rotatable bonds is 6. The lowest BCUT2D eigenvalue weighted by atomic mass is 9.81. The average Bonchev–Trinajstić information content (AvgIpc) is 2.99. The minimum absolute atomic E-state index is 0.0661. The summed E-state index contributed by atoms with van der Waals surface area (Å²) < 4.78 is 7.85. The van der Waals surface area contributed by atoms with Crippen molar-refractivity contribution >= 4 is 11.8 Å². The molecule has 0 fully saturated rings. The van der Waals surface area contributed by atoms with Crippen LogP contribution in [0.1, 0.15) is 55.7 Å². The first kappa shape index (κ1) is 18.2. The monoisotopic (exact) mass is 349 g/mol. The van der Waals surface area contributed by atoms with E-state index in [-0.39, 0.29) is 5.41 Å². The van der Waals surface area contributed by atoms with Crippen LogP contribution in [-0.2, 0) is 5.41 Å². The minimum atomic E-state index is 0.0661. The second-order valence-corrected chi connectivity index (χ2v) is 7.44. The zero-order chi connectivity index (χ0) is 18.9. The number of hydrogen-bond acceptors (Lipinski definition) is 2. The van der Waals surface area contributed by atoms with Crippen molar-refractivity contribution in [2.24, 2.45) is 0 Å². The number of pyridine rings is 1. The van der Waals surface area contributed by atoms with Crippen LogP contribution in [0.3, 0.4) is 0 Å². The van der Waals surface area contributed by atoms with Crippen molar-refractivity contribution < 1.29 is 9.53 Å². The number of nitrogens with zero attached hydrogens (tertiary/aromatic N) is 1. The molecule has 2 aromatic heterocycles. The van der Waals surface area contributed by atoms with Crippen molar-refractivity contribution in [1.82, 2.24) is 4.40 Å². The van der Waals surface area contributed by atoms with Crippen LogP contribution in [-0.4, -0.2) is 17.3 Å². The summed E-state index contributed by atoms with van der Waals surface area (Å²) in [5.41, 5.74) is 6.01. The largest absolute Gasteiger partial charge is 0.493 e. The molecule has 0 saturated heterocycles. The number of aromatic nitrogens is 1. The van der Waals surface area contributed by atoms with Crippen molar-refractivity contribution in [3.63, 3.8) is 0 Å². The van der Waals surface area contributed by atoms with Gasteiger partial charge in [-0.1, -0.05) is 32.9 Å². The number of aryl methyl sites for hydroxylation is 1. The van der Waals surface area contributed by atoms with E-state index in [1.165, 1.54) is 5.56 Å². The van der Waals surface area contributed by atoms with E-state index >= 15 is 0 Å². The van der Waals surface area contributed by atoms with Crippen LogP contribution in [0, 0.1) is 6.92 Å². The average molecular weight is 349 g/mol. The first-order valence-corrected chi connectivity index (χ1v) is 9.26. The van der Waals surface area contributed by atoms with Gasteiger partial charge in [-0.2, -0.15) is 0 Å². The number of carbonyl (C=O) groups excluding carboxylic acids is 1. The predicted molar refractivity (Wildman–Crippen MR) is 107 cm³/mol. The van der Waals surface area contributed by atoms with Gasteiger partial charge < -0.3 is 9.14 Å². The van der Waals surface area contributed by atoms with Crippen molar-refractivity contribution in [3.05, 3.63) is 59.4 Å². The van der Waals surface area contributed by atoms with Gasteiger partial charge in [-0.05, 0) is 61.1 Å². The molecule has 2 heterocycles. The Bertz CT molecular complexity index is 950. The molecule has 1 aromatic carbocycles. The number of benzene rings is 1. The standard InChI is InChI=1S/C23H27NO2/c1-6-23(4,5)17-9-11-22(26-7-2)20(12-17)19-13-18-10-8-16(3)14-24(18)21(19)15-25/h8-15H,6-7H2,1-5H3. The lowest BCUT2D eigenvalue weighted by Gasteiger charge is -2.25. The van der Waals surface area contributed by atoms with E-state index in [1.807, 2.05) is 36.6 Å². The molecule has 0 aliphatic heterocycles. The number of hydrogen-bond donors (Lipinski definition) is 0. The molecule has 3 nitrogen and oxygen atoms in total. The van der Waals surface area contributed by atoms with Crippen LogP contribution in [0.4, 0.5) is 0 Å². The van der Waals surface area contributed by atoms with E-state index in [9.17, 15) is 4.79 Å². The fourth-order valence-corrected chi connectivity index (χ4v) is 3.28.